The lowest BCUT2D eigenvalue weighted by Gasteiger charge is -2.22. The van der Waals surface area contributed by atoms with E-state index in [1.54, 1.807) is 0 Å². The molecule has 0 aliphatic rings. The fourth-order valence-corrected chi connectivity index (χ4v) is 2.86. The normalized spacial score (nSPS) is 12.0. The number of carboxylic acid groups (broad SMARTS) is 1. The van der Waals surface area contributed by atoms with Crippen LogP contribution in [0, 0.1) is 0 Å². The Hall–Kier alpha value is -3.28. The number of hydrogen-bond donors (Lipinski definition) is 1. The Labute approximate surface area is 168 Å². The number of benzene rings is 2. The van der Waals surface area contributed by atoms with E-state index in [2.05, 4.69) is 20.8 Å². The number of hydrogen-bond acceptors (Lipinski definition) is 5. The average Bonchev–Trinajstić information content (AvgIpc) is 2.63. The molecule has 0 unspecified atom stereocenters. The third-order valence-corrected chi connectivity index (χ3v) is 4.52. The predicted octanol–water partition coefficient (Wildman–Crippen LogP) is 5.12. The summed E-state index contributed by atoms with van der Waals surface area (Å²) >= 11 is 0. The van der Waals surface area contributed by atoms with Gasteiger partial charge in [0.15, 0.2) is 5.60 Å². The Kier molecular flexibility index (Phi) is 5.13. The van der Waals surface area contributed by atoms with Gasteiger partial charge in [-0.15, -0.1) is 0 Å². The maximum Gasteiger partial charge on any atom is 0.347 e. The van der Waals surface area contributed by atoms with Crippen molar-refractivity contribution in [2.75, 3.05) is 0 Å². The lowest BCUT2D eigenvalue weighted by atomic mass is 9.86. The van der Waals surface area contributed by atoms with Crippen molar-refractivity contribution in [1.82, 2.24) is 0 Å². The van der Waals surface area contributed by atoms with E-state index in [-0.39, 0.29) is 22.2 Å². The standard InChI is InChI=1S/C23H24O6/c1-22(2,3)16-8-6-7-9-17(16)28-19-13-27-18-12-14(10-11-15(18)20(19)24)29-23(4,5)21(25)26/h6-13H,1-5H3,(H,25,26). The number of aliphatic carboxylic acids is 1. The van der Waals surface area contributed by atoms with Crippen LogP contribution in [0.1, 0.15) is 40.2 Å². The molecule has 0 radical (unpaired) electrons. The van der Waals surface area contributed by atoms with Crippen LogP contribution in [0.3, 0.4) is 0 Å². The Morgan fingerprint density at radius 2 is 1.69 bits per heavy atom. The largest absolute Gasteiger partial charge is 0.478 e. The lowest BCUT2D eigenvalue weighted by molar-refractivity contribution is -0.152. The topological polar surface area (TPSA) is 86.0 Å². The summed E-state index contributed by atoms with van der Waals surface area (Å²) in [6, 6.07) is 12.1. The monoisotopic (exact) mass is 396 g/mol. The first-order valence-electron chi connectivity index (χ1n) is 9.24. The predicted molar refractivity (Wildman–Crippen MR) is 110 cm³/mol. The highest BCUT2D eigenvalue weighted by Crippen LogP contribution is 2.33. The minimum Gasteiger partial charge on any atom is -0.478 e. The van der Waals surface area contributed by atoms with Gasteiger partial charge < -0.3 is 19.0 Å². The van der Waals surface area contributed by atoms with Crippen molar-refractivity contribution in [2.45, 2.75) is 45.6 Å². The SMILES string of the molecule is CC(C)(Oc1ccc2c(=O)c(Oc3ccccc3C(C)(C)C)coc2c1)C(=O)O. The zero-order valence-corrected chi connectivity index (χ0v) is 17.1. The molecule has 0 saturated carbocycles. The summed E-state index contributed by atoms with van der Waals surface area (Å²) < 4.78 is 17.0. The van der Waals surface area contributed by atoms with E-state index in [0.717, 1.165) is 5.56 Å². The Morgan fingerprint density at radius 3 is 2.34 bits per heavy atom. The van der Waals surface area contributed by atoms with Gasteiger partial charge >= 0.3 is 5.97 Å². The van der Waals surface area contributed by atoms with E-state index in [1.807, 2.05) is 24.3 Å². The molecule has 3 rings (SSSR count). The van der Waals surface area contributed by atoms with Crippen LogP contribution in [0.2, 0.25) is 0 Å². The van der Waals surface area contributed by atoms with Crippen LogP contribution in [0.5, 0.6) is 17.2 Å². The number of fused-ring (bicyclic) bond motifs is 1. The van der Waals surface area contributed by atoms with Crippen molar-refractivity contribution in [3.05, 3.63) is 64.5 Å². The van der Waals surface area contributed by atoms with Crippen LogP contribution >= 0.6 is 0 Å². The van der Waals surface area contributed by atoms with Crippen LogP contribution < -0.4 is 14.9 Å². The second kappa shape index (κ2) is 7.28. The van der Waals surface area contributed by atoms with E-state index in [0.29, 0.717) is 16.9 Å². The van der Waals surface area contributed by atoms with Crippen LogP contribution in [0.15, 0.2) is 57.9 Å². The molecule has 6 heteroatoms. The number of ether oxygens (including phenoxy) is 2. The molecule has 0 spiro atoms. The van der Waals surface area contributed by atoms with E-state index in [4.69, 9.17) is 13.9 Å². The minimum absolute atomic E-state index is 0.0775. The second-order valence-corrected chi connectivity index (χ2v) is 8.35. The molecule has 1 heterocycles. The summed E-state index contributed by atoms with van der Waals surface area (Å²) in [7, 11) is 0. The molecule has 0 amide bonds. The third kappa shape index (κ3) is 4.26. The summed E-state index contributed by atoms with van der Waals surface area (Å²) in [4.78, 5) is 24.1. The molecule has 0 aliphatic carbocycles. The smallest absolute Gasteiger partial charge is 0.347 e. The average molecular weight is 396 g/mol. The van der Waals surface area contributed by atoms with Crippen LogP contribution in [-0.2, 0) is 10.2 Å². The maximum atomic E-state index is 12.9. The van der Waals surface area contributed by atoms with Gasteiger partial charge in [0.1, 0.15) is 23.3 Å². The zero-order chi connectivity index (χ0) is 21.4. The van der Waals surface area contributed by atoms with E-state index >= 15 is 0 Å². The van der Waals surface area contributed by atoms with Crippen molar-refractivity contribution >= 4 is 16.9 Å². The highest BCUT2D eigenvalue weighted by atomic mass is 16.5. The summed E-state index contributed by atoms with van der Waals surface area (Å²) in [6.07, 6.45) is 1.26. The molecule has 0 saturated heterocycles. The van der Waals surface area contributed by atoms with Gasteiger partial charge in [0.2, 0.25) is 11.2 Å². The van der Waals surface area contributed by atoms with Crippen LogP contribution in [0.25, 0.3) is 11.0 Å². The lowest BCUT2D eigenvalue weighted by Crippen LogP contribution is -2.37. The summed E-state index contributed by atoms with van der Waals surface area (Å²) in [5, 5.41) is 9.52. The van der Waals surface area contributed by atoms with Crippen molar-refractivity contribution in [3.8, 4) is 17.2 Å². The third-order valence-electron chi connectivity index (χ3n) is 4.52. The van der Waals surface area contributed by atoms with Gasteiger partial charge in [0.25, 0.3) is 0 Å². The Bertz CT molecular complexity index is 1120. The molecule has 3 aromatic rings. The maximum absolute atomic E-state index is 12.9. The molecular formula is C23H24O6. The quantitative estimate of drug-likeness (QED) is 0.644. The molecule has 0 aliphatic heterocycles. The number of para-hydroxylation sites is 1. The van der Waals surface area contributed by atoms with Gasteiger partial charge in [-0.2, -0.15) is 0 Å². The molecule has 1 aromatic heterocycles. The summed E-state index contributed by atoms with van der Waals surface area (Å²) in [5.74, 6) is -0.136. The minimum atomic E-state index is -1.41. The first kappa shape index (κ1) is 20.5. The van der Waals surface area contributed by atoms with Gasteiger partial charge in [-0.1, -0.05) is 39.0 Å². The van der Waals surface area contributed by atoms with Gasteiger partial charge in [0, 0.05) is 11.6 Å². The Morgan fingerprint density at radius 1 is 1.00 bits per heavy atom. The molecule has 6 nitrogen and oxygen atoms in total. The second-order valence-electron chi connectivity index (χ2n) is 8.35. The fraction of sp³-hybridized carbons (Fsp3) is 0.304. The van der Waals surface area contributed by atoms with Crippen molar-refractivity contribution in [3.63, 3.8) is 0 Å². The summed E-state index contributed by atoms with van der Waals surface area (Å²) in [6.45, 7) is 9.09. The van der Waals surface area contributed by atoms with Gasteiger partial charge in [-0.3, -0.25) is 4.79 Å². The molecule has 2 aromatic carbocycles. The molecule has 152 valence electrons. The van der Waals surface area contributed by atoms with Gasteiger partial charge in [-0.05, 0) is 37.5 Å². The summed E-state index contributed by atoms with van der Waals surface area (Å²) in [5.41, 5.74) is -0.631. The molecule has 0 fully saturated rings. The van der Waals surface area contributed by atoms with Crippen molar-refractivity contribution in [1.29, 1.82) is 0 Å². The van der Waals surface area contributed by atoms with Crippen LogP contribution in [-0.4, -0.2) is 16.7 Å². The Balaban J connectivity index is 1.97. The molecular weight excluding hydrogens is 372 g/mol. The molecule has 0 atom stereocenters. The molecule has 0 bridgehead atoms. The zero-order valence-electron chi connectivity index (χ0n) is 17.1. The highest BCUT2D eigenvalue weighted by Gasteiger charge is 2.29. The highest BCUT2D eigenvalue weighted by molar-refractivity contribution is 5.80. The van der Waals surface area contributed by atoms with Gasteiger partial charge in [-0.25, -0.2) is 4.79 Å². The number of rotatable bonds is 5. The number of carboxylic acids is 1. The first-order chi connectivity index (χ1) is 13.5. The number of carbonyl (C=O) groups is 1. The van der Waals surface area contributed by atoms with Crippen molar-refractivity contribution in [2.24, 2.45) is 0 Å². The van der Waals surface area contributed by atoms with E-state index in [1.165, 1.54) is 38.3 Å². The van der Waals surface area contributed by atoms with Gasteiger partial charge in [0.05, 0.1) is 5.39 Å². The van der Waals surface area contributed by atoms with E-state index in [9.17, 15) is 14.7 Å². The molecule has 1 N–H and O–H groups in total. The van der Waals surface area contributed by atoms with E-state index < -0.39 is 11.6 Å². The van der Waals surface area contributed by atoms with Crippen LogP contribution in [0.4, 0.5) is 0 Å². The van der Waals surface area contributed by atoms with Crippen molar-refractivity contribution < 1.29 is 23.8 Å². The fourth-order valence-electron chi connectivity index (χ4n) is 2.86. The first-order valence-corrected chi connectivity index (χ1v) is 9.24. The molecule has 29 heavy (non-hydrogen) atoms.